The lowest BCUT2D eigenvalue weighted by Crippen LogP contribution is -2.32. The van der Waals surface area contributed by atoms with Crippen molar-refractivity contribution in [1.29, 1.82) is 0 Å². The molecule has 0 radical (unpaired) electrons. The van der Waals surface area contributed by atoms with Crippen molar-refractivity contribution in [2.45, 2.75) is 19.8 Å². The molecule has 2 aliphatic rings. The summed E-state index contributed by atoms with van der Waals surface area (Å²) in [6, 6.07) is 13.1. The number of phenolic OH excluding ortho intramolecular Hbond substituents is 1. The molecule has 0 spiro atoms. The molecule has 0 fully saturated rings. The van der Waals surface area contributed by atoms with Crippen LogP contribution in [0.4, 0.5) is 5.69 Å². The zero-order valence-corrected chi connectivity index (χ0v) is 21.0. The first kappa shape index (κ1) is 24.8. The highest BCUT2D eigenvalue weighted by atomic mass is 16.5. The molecule has 2 N–H and O–H groups in total. The third kappa shape index (κ3) is 3.62. The van der Waals surface area contributed by atoms with Crippen LogP contribution in [0.25, 0.3) is 0 Å². The highest BCUT2D eigenvalue weighted by Gasteiger charge is 2.45. The number of ether oxygens (including phenoxy) is 3. The summed E-state index contributed by atoms with van der Waals surface area (Å²) >= 11 is 0. The number of rotatable bonds is 4. The Morgan fingerprint density at radius 3 is 2.13 bits per heavy atom. The van der Waals surface area contributed by atoms with E-state index >= 15 is 0 Å². The van der Waals surface area contributed by atoms with Gasteiger partial charge in [-0.3, -0.25) is 14.4 Å². The van der Waals surface area contributed by atoms with Gasteiger partial charge in [-0.05, 0) is 31.0 Å². The van der Waals surface area contributed by atoms with E-state index < -0.39 is 35.2 Å². The average Bonchev–Trinajstić information content (AvgIpc) is 2.92. The van der Waals surface area contributed by atoms with Gasteiger partial charge in [0, 0.05) is 27.9 Å². The second-order valence-corrected chi connectivity index (χ2v) is 8.95. The molecule has 1 heterocycles. The van der Waals surface area contributed by atoms with Crippen molar-refractivity contribution in [1.82, 2.24) is 0 Å². The first-order valence-electron chi connectivity index (χ1n) is 11.7. The zero-order chi connectivity index (χ0) is 27.3. The van der Waals surface area contributed by atoms with Crippen LogP contribution in [0.15, 0.2) is 60.0 Å². The molecule has 5 rings (SSSR count). The van der Waals surface area contributed by atoms with Crippen molar-refractivity contribution in [2.24, 2.45) is 0 Å². The Labute approximate surface area is 217 Å². The molecule has 38 heavy (non-hydrogen) atoms. The molecule has 3 aromatic rings. The number of para-hydroxylation sites is 1. The van der Waals surface area contributed by atoms with Crippen molar-refractivity contribution in [3.63, 3.8) is 0 Å². The van der Waals surface area contributed by atoms with Crippen LogP contribution in [0, 0.1) is 13.8 Å². The van der Waals surface area contributed by atoms with Gasteiger partial charge < -0.3 is 24.6 Å². The minimum atomic E-state index is -1.43. The third-order valence-electron chi connectivity index (χ3n) is 6.78. The summed E-state index contributed by atoms with van der Waals surface area (Å²) in [6.07, 6.45) is 0. The van der Waals surface area contributed by atoms with E-state index in [2.05, 4.69) is 5.32 Å². The van der Waals surface area contributed by atoms with Gasteiger partial charge in [0.1, 0.15) is 11.5 Å². The van der Waals surface area contributed by atoms with Crippen molar-refractivity contribution >= 4 is 29.2 Å². The van der Waals surface area contributed by atoms with Crippen LogP contribution in [0.3, 0.4) is 0 Å². The molecular weight excluding hydrogens is 490 g/mol. The van der Waals surface area contributed by atoms with Gasteiger partial charge in [0.25, 0.3) is 0 Å². The van der Waals surface area contributed by atoms with Crippen LogP contribution in [0.2, 0.25) is 0 Å². The lowest BCUT2D eigenvalue weighted by atomic mass is 9.79. The number of fused-ring (bicyclic) bond motifs is 3. The van der Waals surface area contributed by atoms with E-state index in [1.807, 2.05) is 32.0 Å². The van der Waals surface area contributed by atoms with E-state index in [4.69, 9.17) is 14.2 Å². The lowest BCUT2D eigenvalue weighted by molar-refractivity contribution is -0.145. The predicted octanol–water partition coefficient (Wildman–Crippen LogP) is 3.93. The fourth-order valence-corrected chi connectivity index (χ4v) is 4.91. The number of carbonyl (C=O) groups excluding carboxylic acids is 4. The average molecular weight is 514 g/mol. The van der Waals surface area contributed by atoms with Gasteiger partial charge in [0.05, 0.1) is 19.8 Å². The maximum Gasteiger partial charge on any atom is 0.340 e. The Hall–Kier alpha value is -4.92. The number of phenols is 1. The fourth-order valence-electron chi connectivity index (χ4n) is 4.91. The number of carbonyl (C=O) groups is 4. The van der Waals surface area contributed by atoms with Gasteiger partial charge in [-0.1, -0.05) is 42.5 Å². The van der Waals surface area contributed by atoms with E-state index in [1.165, 1.54) is 18.2 Å². The number of benzene rings is 3. The summed E-state index contributed by atoms with van der Waals surface area (Å²) in [5, 5.41) is 14.4. The van der Waals surface area contributed by atoms with E-state index in [0.29, 0.717) is 5.69 Å². The molecular formula is C29H23NO8. The second kappa shape index (κ2) is 9.19. The minimum absolute atomic E-state index is 0.0129. The Kier molecular flexibility index (Phi) is 5.99. The molecule has 1 aliphatic carbocycles. The summed E-state index contributed by atoms with van der Waals surface area (Å²) in [5.41, 5.74) is 1.95. The van der Waals surface area contributed by atoms with E-state index in [0.717, 1.165) is 25.3 Å². The lowest BCUT2D eigenvalue weighted by Gasteiger charge is -2.31. The highest BCUT2D eigenvalue weighted by Crippen LogP contribution is 2.49. The summed E-state index contributed by atoms with van der Waals surface area (Å²) in [6.45, 7) is 3.69. The largest absolute Gasteiger partial charge is 0.504 e. The molecule has 1 unspecified atom stereocenters. The molecule has 1 atom stereocenters. The number of aromatic hydroxyl groups is 1. The van der Waals surface area contributed by atoms with Crippen molar-refractivity contribution < 1.29 is 38.5 Å². The Balaban J connectivity index is 1.77. The molecule has 9 nitrogen and oxygen atoms in total. The van der Waals surface area contributed by atoms with Gasteiger partial charge in [-0.15, -0.1) is 0 Å². The number of esters is 2. The molecule has 0 saturated carbocycles. The van der Waals surface area contributed by atoms with Crippen molar-refractivity contribution in [3.05, 3.63) is 98.9 Å². The van der Waals surface area contributed by atoms with Crippen LogP contribution in [-0.4, -0.2) is 42.8 Å². The first-order chi connectivity index (χ1) is 18.2. The Morgan fingerprint density at radius 2 is 1.53 bits per heavy atom. The van der Waals surface area contributed by atoms with Crippen molar-refractivity contribution in [2.75, 3.05) is 19.5 Å². The minimum Gasteiger partial charge on any atom is -0.504 e. The molecule has 0 aromatic heterocycles. The van der Waals surface area contributed by atoms with E-state index in [9.17, 15) is 24.3 Å². The van der Waals surface area contributed by atoms with Gasteiger partial charge >= 0.3 is 11.9 Å². The standard InChI is InChI=1S/C29H23NO8/c1-13-8-7-9-14(2)22(13)30-27-21(29(35)37-4)19(28(34)36-3)18-12-17-20(25(33)26(18)38-27)24(32)16-11-6-5-10-15(16)23(17)31/h5-12,19,30,33H,1-4H3. The normalized spacial score (nSPS) is 15.6. The molecule has 0 amide bonds. The van der Waals surface area contributed by atoms with Gasteiger partial charge in [-0.2, -0.15) is 0 Å². The van der Waals surface area contributed by atoms with Crippen LogP contribution in [0.5, 0.6) is 11.5 Å². The van der Waals surface area contributed by atoms with Crippen LogP contribution in [0.1, 0.15) is 54.5 Å². The van der Waals surface area contributed by atoms with E-state index in [-0.39, 0.29) is 45.0 Å². The van der Waals surface area contributed by atoms with Crippen molar-refractivity contribution in [3.8, 4) is 11.5 Å². The number of methoxy groups -OCH3 is 2. The summed E-state index contributed by atoms with van der Waals surface area (Å²) < 4.78 is 16.0. The number of aryl methyl sites for hydroxylation is 2. The molecule has 3 aromatic carbocycles. The molecule has 192 valence electrons. The Bertz CT molecular complexity index is 1580. The van der Waals surface area contributed by atoms with E-state index in [1.54, 1.807) is 12.1 Å². The fraction of sp³-hybridized carbons (Fsp3) is 0.172. The number of hydrogen-bond acceptors (Lipinski definition) is 9. The van der Waals surface area contributed by atoms with Gasteiger partial charge in [0.15, 0.2) is 23.1 Å². The first-order valence-corrected chi connectivity index (χ1v) is 11.7. The number of ketones is 2. The van der Waals surface area contributed by atoms with Gasteiger partial charge in [0.2, 0.25) is 5.88 Å². The van der Waals surface area contributed by atoms with Crippen LogP contribution < -0.4 is 10.1 Å². The monoisotopic (exact) mass is 513 g/mol. The zero-order valence-electron chi connectivity index (χ0n) is 21.0. The summed E-state index contributed by atoms with van der Waals surface area (Å²) in [7, 11) is 2.30. The molecule has 0 bridgehead atoms. The maximum atomic E-state index is 13.4. The SMILES string of the molecule is COC(=O)C1=C(Nc2c(C)cccc2C)Oc2c(cc3c(c2O)C(=O)c2ccccc2C3=O)C1C(=O)OC. The summed E-state index contributed by atoms with van der Waals surface area (Å²) in [5.74, 6) is -5.30. The predicted molar refractivity (Wildman–Crippen MR) is 135 cm³/mol. The summed E-state index contributed by atoms with van der Waals surface area (Å²) in [4.78, 5) is 52.9. The number of anilines is 1. The van der Waals surface area contributed by atoms with Crippen LogP contribution in [-0.2, 0) is 19.1 Å². The molecule has 1 aliphatic heterocycles. The third-order valence-corrected chi connectivity index (χ3v) is 6.78. The quantitative estimate of drug-likeness (QED) is 0.390. The maximum absolute atomic E-state index is 13.4. The van der Waals surface area contributed by atoms with Gasteiger partial charge in [-0.25, -0.2) is 4.79 Å². The Morgan fingerprint density at radius 1 is 0.895 bits per heavy atom. The molecule has 0 saturated heterocycles. The topological polar surface area (TPSA) is 128 Å². The second-order valence-electron chi connectivity index (χ2n) is 8.95. The highest BCUT2D eigenvalue weighted by molar-refractivity contribution is 6.29. The van der Waals surface area contributed by atoms with Crippen LogP contribution >= 0.6 is 0 Å². The molecule has 9 heteroatoms. The number of nitrogens with one attached hydrogen (secondary N) is 1. The number of hydrogen-bond donors (Lipinski definition) is 2. The smallest absolute Gasteiger partial charge is 0.340 e.